The van der Waals surface area contributed by atoms with Gasteiger partial charge in [-0.3, -0.25) is 4.90 Å². The maximum Gasteiger partial charge on any atom is 0.333 e. The molecule has 0 amide bonds. The molecule has 306 valence electrons. The van der Waals surface area contributed by atoms with Crippen LogP contribution in [0.1, 0.15) is 147 Å². The maximum atomic E-state index is 7.64. The summed E-state index contributed by atoms with van der Waals surface area (Å²) in [6, 6.07) is 36.0. The first-order valence-electron chi connectivity index (χ1n) is 23.6. The van der Waals surface area contributed by atoms with Gasteiger partial charge < -0.3 is 9.23 Å². The predicted octanol–water partition coefficient (Wildman–Crippen LogP) is 14.1. The number of benzene rings is 5. The fourth-order valence-corrected chi connectivity index (χ4v) is 12.9. The first-order chi connectivity index (χ1) is 28.9. The van der Waals surface area contributed by atoms with Gasteiger partial charge in [0.25, 0.3) is 0 Å². The molecular weight excluding hydrogens is 727 g/mol. The molecule has 2 aliphatic carbocycles. The number of rotatable bonds is 8. The van der Waals surface area contributed by atoms with Crippen molar-refractivity contribution < 1.29 is 4.42 Å². The number of unbranched alkanes of at least 4 members (excludes halogenated alkanes) is 2. The van der Waals surface area contributed by atoms with E-state index in [4.69, 9.17) is 4.42 Å². The van der Waals surface area contributed by atoms with Crippen molar-refractivity contribution in [3.8, 4) is 22.3 Å². The number of aryl methyl sites for hydroxylation is 2. The quantitative estimate of drug-likeness (QED) is 0.143. The molecule has 4 heteroatoms. The Hall–Kier alpha value is -4.70. The average molecular weight is 791 g/mol. The highest BCUT2D eigenvalue weighted by atomic mass is 16.4. The zero-order valence-electron chi connectivity index (χ0n) is 37.5. The van der Waals surface area contributed by atoms with Gasteiger partial charge in [-0.05, 0) is 144 Å². The van der Waals surface area contributed by atoms with Crippen LogP contribution in [0.4, 0.5) is 22.9 Å². The molecule has 0 radical (unpaired) electrons. The molecule has 5 aliphatic rings. The van der Waals surface area contributed by atoms with Crippen LogP contribution in [0.15, 0.2) is 95.4 Å². The standard InChI is InChI=1S/C56H63BN2O/c1-9-11-19-36-25-26-46(40(31-36)38-21-14-13-15-22-38)58-47-33-37(20-12-10-2)32-41-39-23-18-24-43-51(39)59(56(8)28-17-16-27-55(43,56)7)57(49(41)47)50-42-34-44-45(35-48(42)60-52(50)58)54(5,6)30-29-53(44,3)4/h13-15,18,21-26,31-35H,9-12,16-17,19-20,27-30H2,1-8H3. The number of para-hydroxylation sites is 1. The van der Waals surface area contributed by atoms with Crippen molar-refractivity contribution in [2.75, 3.05) is 9.71 Å². The minimum absolute atomic E-state index is 0.0306. The van der Waals surface area contributed by atoms with Crippen molar-refractivity contribution in [1.29, 1.82) is 0 Å². The van der Waals surface area contributed by atoms with Crippen LogP contribution in [0.25, 0.3) is 33.2 Å². The Bertz CT molecular complexity index is 2700. The fourth-order valence-electron chi connectivity index (χ4n) is 12.9. The molecule has 3 nitrogen and oxygen atoms in total. The summed E-state index contributed by atoms with van der Waals surface area (Å²) in [4.78, 5) is 5.56. The Morgan fingerprint density at radius 1 is 0.600 bits per heavy atom. The second kappa shape index (κ2) is 13.4. The van der Waals surface area contributed by atoms with E-state index in [0.717, 1.165) is 24.3 Å². The average Bonchev–Trinajstić information content (AvgIpc) is 3.72. The number of hydrogen-bond acceptors (Lipinski definition) is 3. The summed E-state index contributed by atoms with van der Waals surface area (Å²) in [5, 5.41) is 1.30. The molecule has 0 bridgehead atoms. The normalized spacial score (nSPS) is 22.6. The van der Waals surface area contributed by atoms with E-state index in [-0.39, 0.29) is 28.6 Å². The molecule has 4 heterocycles. The lowest BCUT2D eigenvalue weighted by atomic mass is 9.42. The van der Waals surface area contributed by atoms with Crippen LogP contribution in [-0.4, -0.2) is 12.4 Å². The summed E-state index contributed by atoms with van der Waals surface area (Å²) < 4.78 is 7.64. The van der Waals surface area contributed by atoms with Gasteiger partial charge in [0.2, 0.25) is 5.88 Å². The largest absolute Gasteiger partial charge is 0.440 e. The molecule has 0 spiro atoms. The van der Waals surface area contributed by atoms with Crippen LogP contribution in [0.5, 0.6) is 0 Å². The molecule has 5 aromatic carbocycles. The van der Waals surface area contributed by atoms with E-state index >= 15 is 0 Å². The van der Waals surface area contributed by atoms with E-state index in [2.05, 4.69) is 156 Å². The van der Waals surface area contributed by atoms with E-state index < -0.39 is 0 Å². The first-order valence-corrected chi connectivity index (χ1v) is 23.6. The highest BCUT2D eigenvalue weighted by Gasteiger charge is 2.63. The van der Waals surface area contributed by atoms with Crippen LogP contribution in [0.2, 0.25) is 0 Å². The van der Waals surface area contributed by atoms with Crippen molar-refractivity contribution in [3.05, 3.63) is 119 Å². The summed E-state index contributed by atoms with van der Waals surface area (Å²) in [5.41, 5.74) is 20.7. The summed E-state index contributed by atoms with van der Waals surface area (Å²) in [6.07, 6.45) is 14.2. The predicted molar refractivity (Wildman–Crippen MR) is 256 cm³/mol. The van der Waals surface area contributed by atoms with E-state index in [1.165, 1.54) is 142 Å². The summed E-state index contributed by atoms with van der Waals surface area (Å²) in [6.45, 7) is 19.7. The van der Waals surface area contributed by atoms with E-state index in [9.17, 15) is 0 Å². The zero-order chi connectivity index (χ0) is 41.3. The minimum Gasteiger partial charge on any atom is -0.440 e. The molecule has 1 saturated carbocycles. The van der Waals surface area contributed by atoms with Crippen LogP contribution in [0.3, 0.4) is 0 Å². The Morgan fingerprint density at radius 2 is 1.30 bits per heavy atom. The molecule has 2 unspecified atom stereocenters. The Kier molecular flexibility index (Phi) is 8.54. The highest BCUT2D eigenvalue weighted by molar-refractivity contribution is 6.94. The van der Waals surface area contributed by atoms with Crippen molar-refractivity contribution in [2.45, 2.75) is 154 Å². The van der Waals surface area contributed by atoms with Gasteiger partial charge in [0, 0.05) is 44.3 Å². The third-order valence-electron chi connectivity index (χ3n) is 16.6. The van der Waals surface area contributed by atoms with Crippen molar-refractivity contribution in [2.24, 2.45) is 0 Å². The summed E-state index contributed by atoms with van der Waals surface area (Å²) >= 11 is 0. The molecule has 1 fully saturated rings. The molecule has 3 aliphatic heterocycles. The molecular formula is C56H63BN2O. The number of nitrogens with zero attached hydrogens (tertiary/aromatic N) is 2. The SMILES string of the molecule is CCCCc1ccc(N2c3cc(CCCC)cc4c3B(c3c2oc2cc5c(cc32)C(C)(C)CCC5(C)C)N2c3c-4cccc3C3(C)CCCCC23C)c(-c2ccccc2)c1. The van der Waals surface area contributed by atoms with E-state index in [1.54, 1.807) is 5.56 Å². The van der Waals surface area contributed by atoms with Crippen LogP contribution < -0.4 is 20.6 Å². The Morgan fingerprint density at radius 3 is 2.05 bits per heavy atom. The van der Waals surface area contributed by atoms with Gasteiger partial charge in [0.1, 0.15) is 5.58 Å². The number of fused-ring (bicyclic) bond motifs is 10. The van der Waals surface area contributed by atoms with E-state index in [0.29, 0.717) is 0 Å². The topological polar surface area (TPSA) is 19.6 Å². The third-order valence-corrected chi connectivity index (χ3v) is 16.6. The van der Waals surface area contributed by atoms with Crippen LogP contribution in [0, 0.1) is 0 Å². The van der Waals surface area contributed by atoms with Gasteiger partial charge in [-0.1, -0.05) is 135 Å². The molecule has 2 atom stereocenters. The van der Waals surface area contributed by atoms with Gasteiger partial charge in [0.05, 0.1) is 5.69 Å². The van der Waals surface area contributed by atoms with Gasteiger partial charge >= 0.3 is 6.85 Å². The molecule has 6 aromatic rings. The monoisotopic (exact) mass is 791 g/mol. The maximum absolute atomic E-state index is 7.64. The Labute approximate surface area is 359 Å². The number of anilines is 4. The third kappa shape index (κ3) is 5.21. The molecule has 0 N–H and O–H groups in total. The van der Waals surface area contributed by atoms with E-state index in [1.807, 2.05) is 0 Å². The fraction of sp³-hybridized carbons (Fsp3) is 0.429. The lowest BCUT2D eigenvalue weighted by Gasteiger charge is -2.54. The zero-order valence-corrected chi connectivity index (χ0v) is 37.5. The minimum atomic E-state index is -0.0428. The van der Waals surface area contributed by atoms with Crippen LogP contribution in [-0.2, 0) is 29.1 Å². The second-order valence-corrected chi connectivity index (χ2v) is 21.1. The summed E-state index contributed by atoms with van der Waals surface area (Å²) in [7, 11) is 0. The molecule has 0 saturated heterocycles. The summed E-state index contributed by atoms with van der Waals surface area (Å²) in [5.74, 6) is 1.01. The number of hydrogen-bond donors (Lipinski definition) is 0. The van der Waals surface area contributed by atoms with Crippen molar-refractivity contribution in [1.82, 2.24) is 0 Å². The Balaban J connectivity index is 1.28. The van der Waals surface area contributed by atoms with Crippen molar-refractivity contribution >= 4 is 51.7 Å². The lowest BCUT2D eigenvalue weighted by Crippen LogP contribution is -2.70. The second-order valence-electron chi connectivity index (χ2n) is 21.1. The van der Waals surface area contributed by atoms with Crippen molar-refractivity contribution in [3.63, 3.8) is 0 Å². The van der Waals surface area contributed by atoms with Gasteiger partial charge in [-0.15, -0.1) is 0 Å². The molecule has 1 aromatic heterocycles. The highest BCUT2D eigenvalue weighted by Crippen LogP contribution is 2.63. The van der Waals surface area contributed by atoms with Gasteiger partial charge in [-0.2, -0.15) is 0 Å². The smallest absolute Gasteiger partial charge is 0.333 e. The first kappa shape index (κ1) is 38.2. The molecule has 11 rings (SSSR count). The van der Waals surface area contributed by atoms with Gasteiger partial charge in [0.15, 0.2) is 0 Å². The van der Waals surface area contributed by atoms with Gasteiger partial charge in [-0.25, -0.2) is 0 Å². The molecule has 60 heavy (non-hydrogen) atoms. The van der Waals surface area contributed by atoms with Crippen LogP contribution >= 0.6 is 0 Å². The lowest BCUT2D eigenvalue weighted by molar-refractivity contribution is 0.199. The number of furan rings is 1.